The molecule has 182 valence electrons. The summed E-state index contributed by atoms with van der Waals surface area (Å²) < 4.78 is 14.8. The van der Waals surface area contributed by atoms with Crippen LogP contribution in [0, 0.1) is 0 Å². The van der Waals surface area contributed by atoms with Gasteiger partial charge in [-0.15, -0.1) is 11.3 Å². The van der Waals surface area contributed by atoms with Gasteiger partial charge in [0.25, 0.3) is 0 Å². The summed E-state index contributed by atoms with van der Waals surface area (Å²) >= 11 is 1.73. The Bertz CT molecular complexity index is 2250. The molecule has 0 aliphatic heterocycles. The molecule has 0 aliphatic rings. The van der Waals surface area contributed by atoms with Crippen molar-refractivity contribution in [3.63, 3.8) is 0 Å². The summed E-state index contributed by atoms with van der Waals surface area (Å²) in [5, 5.41) is 4.28. The summed E-state index contributed by atoms with van der Waals surface area (Å²) in [5.41, 5.74) is 9.22. The van der Waals surface area contributed by atoms with E-state index in [0.29, 0.717) is 0 Å². The van der Waals surface area contributed by atoms with E-state index in [1.165, 1.54) is 4.70 Å². The number of furan rings is 2. The molecule has 9 aromatic rings. The van der Waals surface area contributed by atoms with Gasteiger partial charge in [-0.1, -0.05) is 36.4 Å². The van der Waals surface area contributed by atoms with Crippen LogP contribution >= 0.6 is 11.3 Å². The van der Waals surface area contributed by atoms with Crippen LogP contribution in [0.15, 0.2) is 112 Å². The van der Waals surface area contributed by atoms with Crippen LogP contribution in [0.1, 0.15) is 0 Å². The summed E-state index contributed by atoms with van der Waals surface area (Å²) in [5.74, 6) is 0. The normalized spacial score (nSPS) is 12.1. The van der Waals surface area contributed by atoms with Crippen molar-refractivity contribution in [2.45, 2.75) is 0 Å². The lowest BCUT2D eigenvalue weighted by Gasteiger charge is -2.04. The van der Waals surface area contributed by atoms with Crippen molar-refractivity contribution >= 4 is 75.6 Å². The van der Waals surface area contributed by atoms with Crippen LogP contribution in [0.3, 0.4) is 0 Å². The zero-order valence-corrected chi connectivity index (χ0v) is 21.2. The average molecular weight is 520 g/mol. The highest BCUT2D eigenvalue weighted by Crippen LogP contribution is 2.41. The van der Waals surface area contributed by atoms with E-state index in [-0.39, 0.29) is 0 Å². The molecule has 0 radical (unpaired) electrons. The zero-order chi connectivity index (χ0) is 25.5. The zero-order valence-electron chi connectivity index (χ0n) is 20.4. The molecule has 0 spiro atoms. The topological polar surface area (TPSA) is 65.0 Å². The number of pyridine rings is 1. The van der Waals surface area contributed by atoms with Crippen molar-refractivity contribution in [2.75, 3.05) is 0 Å². The van der Waals surface area contributed by atoms with Gasteiger partial charge in [-0.25, -0.2) is 9.97 Å². The number of rotatable bonds is 2. The molecule has 0 N–H and O–H groups in total. The van der Waals surface area contributed by atoms with E-state index in [0.717, 1.165) is 82.0 Å². The van der Waals surface area contributed by atoms with E-state index < -0.39 is 0 Å². The summed E-state index contributed by atoms with van der Waals surface area (Å²) in [7, 11) is 0. The Morgan fingerprint density at radius 3 is 2.21 bits per heavy atom. The fourth-order valence-corrected chi connectivity index (χ4v) is 6.82. The van der Waals surface area contributed by atoms with Crippen LogP contribution in [-0.2, 0) is 0 Å². The maximum Gasteiger partial charge on any atom is 0.161 e. The molecule has 0 bridgehead atoms. The van der Waals surface area contributed by atoms with Gasteiger partial charge in [-0.05, 0) is 60.2 Å². The van der Waals surface area contributed by atoms with Gasteiger partial charge >= 0.3 is 0 Å². The average Bonchev–Trinajstić information content (AvgIpc) is 3.67. The molecule has 39 heavy (non-hydrogen) atoms. The van der Waals surface area contributed by atoms with Crippen LogP contribution in [0.5, 0.6) is 0 Å². The number of aromatic nitrogens is 3. The third kappa shape index (κ3) is 2.97. The van der Waals surface area contributed by atoms with E-state index in [1.54, 1.807) is 17.7 Å². The molecule has 4 aromatic carbocycles. The lowest BCUT2D eigenvalue weighted by atomic mass is 10.0. The quantitative estimate of drug-likeness (QED) is 0.228. The summed E-state index contributed by atoms with van der Waals surface area (Å²) in [6, 6.07) is 31.0. The van der Waals surface area contributed by atoms with Crippen molar-refractivity contribution in [1.82, 2.24) is 15.0 Å². The van der Waals surface area contributed by atoms with Gasteiger partial charge in [0.1, 0.15) is 28.6 Å². The summed E-state index contributed by atoms with van der Waals surface area (Å²) in [4.78, 5) is 13.9. The van der Waals surface area contributed by atoms with E-state index in [4.69, 9.17) is 13.8 Å². The Morgan fingerprint density at radius 1 is 0.564 bits per heavy atom. The van der Waals surface area contributed by atoms with Crippen molar-refractivity contribution < 1.29 is 8.83 Å². The fourth-order valence-electron chi connectivity index (χ4n) is 5.65. The first-order valence-electron chi connectivity index (χ1n) is 12.7. The first-order chi connectivity index (χ1) is 19.3. The van der Waals surface area contributed by atoms with Crippen LogP contribution in [0.25, 0.3) is 86.7 Å². The second kappa shape index (κ2) is 7.72. The van der Waals surface area contributed by atoms with Gasteiger partial charge in [0.15, 0.2) is 5.58 Å². The molecule has 5 aromatic heterocycles. The molecule has 0 amide bonds. The van der Waals surface area contributed by atoms with E-state index in [1.807, 2.05) is 48.7 Å². The fraction of sp³-hybridized carbons (Fsp3) is 0. The van der Waals surface area contributed by atoms with Gasteiger partial charge in [0.2, 0.25) is 0 Å². The lowest BCUT2D eigenvalue weighted by molar-refractivity contribution is 0.668. The molecule has 6 heteroatoms. The largest absolute Gasteiger partial charge is 0.456 e. The second-order valence-corrected chi connectivity index (χ2v) is 10.7. The molecule has 0 aliphatic carbocycles. The van der Waals surface area contributed by atoms with Gasteiger partial charge < -0.3 is 8.83 Å². The standard InChI is InChI=1S/C33H17N3O2S/c1-3-7-25-21(5-1)30-32(38-25)20(13-14-34-30)18-9-11-26-23(15-18)24-16-19(10-12-27(24)37-26)29-33-31(36-17-35-29)22-6-2-4-8-28(22)39-33/h1-17H. The third-order valence-electron chi connectivity index (χ3n) is 7.47. The molecule has 9 rings (SSSR count). The molecule has 0 fully saturated rings. The smallest absolute Gasteiger partial charge is 0.161 e. The van der Waals surface area contributed by atoms with Crippen LogP contribution in [0.2, 0.25) is 0 Å². The molecule has 0 saturated carbocycles. The van der Waals surface area contributed by atoms with Crippen LogP contribution in [0.4, 0.5) is 0 Å². The van der Waals surface area contributed by atoms with Gasteiger partial charge in [-0.2, -0.15) is 0 Å². The predicted molar refractivity (Wildman–Crippen MR) is 158 cm³/mol. The van der Waals surface area contributed by atoms with Gasteiger partial charge in [0, 0.05) is 43.6 Å². The highest BCUT2D eigenvalue weighted by Gasteiger charge is 2.17. The number of benzene rings is 4. The second-order valence-electron chi connectivity index (χ2n) is 9.66. The van der Waals surface area contributed by atoms with E-state index in [2.05, 4.69) is 58.5 Å². The highest BCUT2D eigenvalue weighted by atomic mass is 32.1. The van der Waals surface area contributed by atoms with Gasteiger partial charge in [-0.3, -0.25) is 4.98 Å². The maximum absolute atomic E-state index is 6.26. The monoisotopic (exact) mass is 519 g/mol. The van der Waals surface area contributed by atoms with Crippen molar-refractivity contribution in [2.24, 2.45) is 0 Å². The van der Waals surface area contributed by atoms with E-state index >= 15 is 0 Å². The molecule has 5 nitrogen and oxygen atoms in total. The van der Waals surface area contributed by atoms with E-state index in [9.17, 15) is 0 Å². The maximum atomic E-state index is 6.26. The molecule has 0 unspecified atom stereocenters. The summed E-state index contributed by atoms with van der Waals surface area (Å²) in [6.07, 6.45) is 3.51. The Hall–Kier alpha value is -5.07. The van der Waals surface area contributed by atoms with Crippen LogP contribution < -0.4 is 0 Å². The minimum atomic E-state index is 0.791. The first-order valence-corrected chi connectivity index (χ1v) is 13.5. The predicted octanol–water partition coefficient (Wildman–Crippen LogP) is 9.37. The first kappa shape index (κ1) is 20.9. The Kier molecular flexibility index (Phi) is 4.14. The Morgan fingerprint density at radius 2 is 1.31 bits per heavy atom. The molecule has 0 atom stereocenters. The molecule has 0 saturated heterocycles. The number of nitrogens with zero attached hydrogens (tertiary/aromatic N) is 3. The molecular weight excluding hydrogens is 502 g/mol. The number of fused-ring (bicyclic) bond motifs is 9. The number of para-hydroxylation sites is 1. The number of hydrogen-bond acceptors (Lipinski definition) is 6. The molecule has 5 heterocycles. The molecular formula is C33H17N3O2S. The Labute approximate surface area is 225 Å². The van der Waals surface area contributed by atoms with Crippen molar-refractivity contribution in [3.05, 3.63) is 104 Å². The Balaban J connectivity index is 1.26. The highest BCUT2D eigenvalue weighted by molar-refractivity contribution is 7.26. The van der Waals surface area contributed by atoms with Gasteiger partial charge in [0.05, 0.1) is 15.9 Å². The van der Waals surface area contributed by atoms with Crippen molar-refractivity contribution in [3.8, 4) is 22.4 Å². The SMILES string of the molecule is c1ccc2c(c1)oc1c(-c3ccc4oc5ccc(-c6ncnc7c6sc6ccccc67)cc5c4c3)ccnc12. The van der Waals surface area contributed by atoms with Crippen molar-refractivity contribution in [1.29, 1.82) is 0 Å². The number of hydrogen-bond donors (Lipinski definition) is 0. The van der Waals surface area contributed by atoms with Crippen LogP contribution in [-0.4, -0.2) is 15.0 Å². The minimum absolute atomic E-state index is 0.791. The third-order valence-corrected chi connectivity index (χ3v) is 8.64. The number of thiophene rings is 1. The summed E-state index contributed by atoms with van der Waals surface area (Å²) in [6.45, 7) is 0. The minimum Gasteiger partial charge on any atom is -0.456 e. The lowest BCUT2D eigenvalue weighted by Crippen LogP contribution is -1.86.